The fourth-order valence-corrected chi connectivity index (χ4v) is 2.32. The second-order valence-corrected chi connectivity index (χ2v) is 5.49. The highest BCUT2D eigenvalue weighted by Gasteiger charge is 2.44. The SMILES string of the molecule is COc1ccccc1[C@H](C)NC(=O)C(C)(N)C1CC1. The lowest BCUT2D eigenvalue weighted by atomic mass is 9.95. The molecule has 0 saturated heterocycles. The van der Waals surface area contributed by atoms with Gasteiger partial charge in [0.1, 0.15) is 5.75 Å². The van der Waals surface area contributed by atoms with Gasteiger partial charge in [-0.15, -0.1) is 0 Å². The van der Waals surface area contributed by atoms with Crippen molar-refractivity contribution >= 4 is 5.91 Å². The molecule has 4 nitrogen and oxygen atoms in total. The molecule has 0 radical (unpaired) electrons. The number of benzene rings is 1. The van der Waals surface area contributed by atoms with Gasteiger partial charge in [-0.1, -0.05) is 18.2 Å². The molecule has 0 heterocycles. The minimum Gasteiger partial charge on any atom is -0.496 e. The van der Waals surface area contributed by atoms with Crippen LogP contribution in [0.3, 0.4) is 0 Å². The van der Waals surface area contributed by atoms with Crippen LogP contribution in [0.25, 0.3) is 0 Å². The minimum absolute atomic E-state index is 0.0894. The van der Waals surface area contributed by atoms with E-state index in [2.05, 4.69) is 5.32 Å². The van der Waals surface area contributed by atoms with E-state index in [-0.39, 0.29) is 11.9 Å². The molecule has 2 rings (SSSR count). The van der Waals surface area contributed by atoms with E-state index in [0.717, 1.165) is 24.2 Å². The molecule has 104 valence electrons. The number of nitrogens with two attached hydrogens (primary N) is 1. The molecule has 0 aromatic heterocycles. The molecule has 1 saturated carbocycles. The zero-order valence-corrected chi connectivity index (χ0v) is 11.8. The summed E-state index contributed by atoms with van der Waals surface area (Å²) in [6.45, 7) is 3.76. The molecule has 0 spiro atoms. The summed E-state index contributed by atoms with van der Waals surface area (Å²) in [6, 6.07) is 7.57. The van der Waals surface area contributed by atoms with Crippen LogP contribution in [0.1, 0.15) is 38.3 Å². The highest BCUT2D eigenvalue weighted by molar-refractivity contribution is 5.86. The van der Waals surface area contributed by atoms with E-state index in [1.807, 2.05) is 38.1 Å². The molecule has 1 unspecified atom stereocenters. The van der Waals surface area contributed by atoms with Crippen LogP contribution in [0, 0.1) is 5.92 Å². The number of nitrogens with one attached hydrogen (secondary N) is 1. The Hall–Kier alpha value is -1.55. The van der Waals surface area contributed by atoms with E-state index >= 15 is 0 Å². The second-order valence-electron chi connectivity index (χ2n) is 5.49. The number of rotatable bonds is 5. The first kappa shape index (κ1) is 13.9. The Morgan fingerprint density at radius 2 is 2.11 bits per heavy atom. The van der Waals surface area contributed by atoms with E-state index in [1.165, 1.54) is 0 Å². The number of carbonyl (C=O) groups is 1. The molecular formula is C15H22N2O2. The van der Waals surface area contributed by atoms with Crippen molar-refractivity contribution < 1.29 is 9.53 Å². The van der Waals surface area contributed by atoms with Crippen LogP contribution in [-0.4, -0.2) is 18.6 Å². The maximum Gasteiger partial charge on any atom is 0.240 e. The van der Waals surface area contributed by atoms with Gasteiger partial charge in [0.15, 0.2) is 0 Å². The number of carbonyl (C=O) groups excluding carboxylic acids is 1. The molecule has 1 aliphatic rings. The standard InChI is InChI=1S/C15H22N2O2/c1-10(12-6-4-5-7-13(12)19-3)17-14(18)15(2,16)11-8-9-11/h4-7,10-11H,8-9,16H2,1-3H3,(H,17,18)/t10-,15?/m0/s1. The first-order valence-electron chi connectivity index (χ1n) is 6.69. The van der Waals surface area contributed by atoms with E-state index < -0.39 is 5.54 Å². The van der Waals surface area contributed by atoms with Gasteiger partial charge < -0.3 is 15.8 Å². The van der Waals surface area contributed by atoms with Crippen LogP contribution < -0.4 is 15.8 Å². The number of hydrogen-bond donors (Lipinski definition) is 2. The Morgan fingerprint density at radius 3 is 2.68 bits per heavy atom. The third-order valence-electron chi connectivity index (χ3n) is 3.87. The van der Waals surface area contributed by atoms with E-state index in [4.69, 9.17) is 10.5 Å². The van der Waals surface area contributed by atoms with Crippen molar-refractivity contribution in [3.8, 4) is 5.75 Å². The molecule has 3 N–H and O–H groups in total. The van der Waals surface area contributed by atoms with Gasteiger partial charge in [0.25, 0.3) is 0 Å². The number of para-hydroxylation sites is 1. The molecule has 2 atom stereocenters. The van der Waals surface area contributed by atoms with Crippen LogP contribution in [0.15, 0.2) is 24.3 Å². The van der Waals surface area contributed by atoms with Gasteiger partial charge in [0.05, 0.1) is 18.7 Å². The summed E-state index contributed by atoms with van der Waals surface area (Å²) < 4.78 is 5.31. The van der Waals surface area contributed by atoms with Crippen molar-refractivity contribution in [3.63, 3.8) is 0 Å². The molecular weight excluding hydrogens is 240 g/mol. The summed E-state index contributed by atoms with van der Waals surface area (Å²) in [4.78, 5) is 12.3. The smallest absolute Gasteiger partial charge is 0.240 e. The molecule has 4 heteroatoms. The molecule has 1 aromatic rings. The largest absolute Gasteiger partial charge is 0.496 e. The van der Waals surface area contributed by atoms with Crippen molar-refractivity contribution in [1.82, 2.24) is 5.32 Å². The van der Waals surface area contributed by atoms with Gasteiger partial charge in [-0.25, -0.2) is 0 Å². The Balaban J connectivity index is 2.08. The topological polar surface area (TPSA) is 64.3 Å². The maximum atomic E-state index is 12.3. The van der Waals surface area contributed by atoms with Crippen LogP contribution in [0.4, 0.5) is 0 Å². The molecule has 0 aliphatic heterocycles. The lowest BCUT2D eigenvalue weighted by Crippen LogP contribution is -2.53. The lowest BCUT2D eigenvalue weighted by molar-refractivity contribution is -0.127. The lowest BCUT2D eigenvalue weighted by Gasteiger charge is -2.26. The predicted octanol–water partition coefficient (Wildman–Crippen LogP) is 2.00. The minimum atomic E-state index is -0.768. The number of methoxy groups -OCH3 is 1. The van der Waals surface area contributed by atoms with Crippen molar-refractivity contribution in [2.75, 3.05) is 7.11 Å². The van der Waals surface area contributed by atoms with Crippen LogP contribution >= 0.6 is 0 Å². The third-order valence-corrected chi connectivity index (χ3v) is 3.87. The van der Waals surface area contributed by atoms with E-state index in [1.54, 1.807) is 7.11 Å². The number of hydrogen-bond acceptors (Lipinski definition) is 3. The zero-order valence-electron chi connectivity index (χ0n) is 11.8. The van der Waals surface area contributed by atoms with Crippen molar-refractivity contribution in [1.29, 1.82) is 0 Å². The summed E-state index contributed by atoms with van der Waals surface area (Å²) >= 11 is 0. The first-order chi connectivity index (χ1) is 8.96. The van der Waals surface area contributed by atoms with E-state index in [9.17, 15) is 4.79 Å². The molecule has 19 heavy (non-hydrogen) atoms. The van der Waals surface area contributed by atoms with E-state index in [0.29, 0.717) is 5.92 Å². The average molecular weight is 262 g/mol. The molecule has 1 aliphatic carbocycles. The average Bonchev–Trinajstić information content (AvgIpc) is 3.23. The van der Waals surface area contributed by atoms with Crippen LogP contribution in [-0.2, 0) is 4.79 Å². The number of ether oxygens (including phenoxy) is 1. The Morgan fingerprint density at radius 1 is 1.47 bits per heavy atom. The fraction of sp³-hybridized carbons (Fsp3) is 0.533. The van der Waals surface area contributed by atoms with Gasteiger partial charge in [-0.05, 0) is 38.7 Å². The van der Waals surface area contributed by atoms with Gasteiger partial charge in [0, 0.05) is 5.56 Å². The van der Waals surface area contributed by atoms with Crippen LogP contribution in [0.2, 0.25) is 0 Å². The van der Waals surface area contributed by atoms with Gasteiger partial charge in [0.2, 0.25) is 5.91 Å². The van der Waals surface area contributed by atoms with Crippen molar-refractivity contribution in [2.45, 2.75) is 38.3 Å². The summed E-state index contributed by atoms with van der Waals surface area (Å²) in [5.41, 5.74) is 6.31. The Bertz CT molecular complexity index is 467. The summed E-state index contributed by atoms with van der Waals surface area (Å²) in [7, 11) is 1.63. The van der Waals surface area contributed by atoms with Gasteiger partial charge in [-0.2, -0.15) is 0 Å². The fourth-order valence-electron chi connectivity index (χ4n) is 2.32. The third kappa shape index (κ3) is 2.89. The predicted molar refractivity (Wildman–Crippen MR) is 74.9 cm³/mol. The molecule has 1 aromatic carbocycles. The first-order valence-corrected chi connectivity index (χ1v) is 6.69. The summed E-state index contributed by atoms with van der Waals surface area (Å²) in [5, 5.41) is 2.99. The van der Waals surface area contributed by atoms with Crippen LogP contribution in [0.5, 0.6) is 5.75 Å². The van der Waals surface area contributed by atoms with Crippen molar-refractivity contribution in [2.24, 2.45) is 11.7 Å². The normalized spacial score (nSPS) is 19.4. The van der Waals surface area contributed by atoms with Gasteiger partial charge >= 0.3 is 0 Å². The highest BCUT2D eigenvalue weighted by atomic mass is 16.5. The molecule has 1 fully saturated rings. The highest BCUT2D eigenvalue weighted by Crippen LogP contribution is 2.38. The number of amides is 1. The summed E-state index contributed by atoms with van der Waals surface area (Å²) in [6.07, 6.45) is 2.09. The zero-order chi connectivity index (χ0) is 14.0. The second kappa shape index (κ2) is 5.21. The van der Waals surface area contributed by atoms with Gasteiger partial charge in [-0.3, -0.25) is 4.79 Å². The molecule has 0 bridgehead atoms. The quantitative estimate of drug-likeness (QED) is 0.853. The monoisotopic (exact) mass is 262 g/mol. The molecule has 1 amide bonds. The maximum absolute atomic E-state index is 12.3. The Labute approximate surface area is 114 Å². The van der Waals surface area contributed by atoms with Crippen molar-refractivity contribution in [3.05, 3.63) is 29.8 Å². The summed E-state index contributed by atoms with van der Waals surface area (Å²) in [5.74, 6) is 1.01. The Kier molecular flexibility index (Phi) is 3.80.